The van der Waals surface area contributed by atoms with Crippen molar-refractivity contribution in [2.45, 2.75) is 19.5 Å². The molecule has 4 rings (SSSR count). The SMILES string of the molecule is COc1ccc2cc(CN(C)[C@H](C)C(=O)N3CC(=O)Nc4ccccc43)ccc2c1. The van der Waals surface area contributed by atoms with Crippen LogP contribution in [0.4, 0.5) is 11.4 Å². The maximum absolute atomic E-state index is 13.2. The largest absolute Gasteiger partial charge is 0.497 e. The summed E-state index contributed by atoms with van der Waals surface area (Å²) in [7, 11) is 3.59. The van der Waals surface area contributed by atoms with Crippen LogP contribution in [0.1, 0.15) is 12.5 Å². The van der Waals surface area contributed by atoms with Crippen molar-refractivity contribution in [3.63, 3.8) is 0 Å². The third-order valence-electron chi connectivity index (χ3n) is 5.60. The van der Waals surface area contributed by atoms with Gasteiger partial charge < -0.3 is 10.1 Å². The van der Waals surface area contributed by atoms with Gasteiger partial charge in [0.2, 0.25) is 11.8 Å². The number of ether oxygens (including phenoxy) is 1. The van der Waals surface area contributed by atoms with Gasteiger partial charge in [-0.1, -0.05) is 30.3 Å². The van der Waals surface area contributed by atoms with E-state index in [2.05, 4.69) is 23.5 Å². The minimum Gasteiger partial charge on any atom is -0.497 e. The van der Waals surface area contributed by atoms with Crippen LogP contribution in [0.25, 0.3) is 10.8 Å². The fourth-order valence-electron chi connectivity index (χ4n) is 3.77. The Kier molecular flexibility index (Phi) is 5.42. The number of rotatable bonds is 5. The molecular formula is C24H25N3O3. The fourth-order valence-corrected chi connectivity index (χ4v) is 3.77. The van der Waals surface area contributed by atoms with Crippen molar-refractivity contribution in [2.75, 3.05) is 30.9 Å². The zero-order chi connectivity index (χ0) is 21.3. The molecule has 154 valence electrons. The zero-order valence-electron chi connectivity index (χ0n) is 17.4. The van der Waals surface area contributed by atoms with Gasteiger partial charge in [-0.3, -0.25) is 19.4 Å². The van der Waals surface area contributed by atoms with Crippen molar-refractivity contribution in [3.8, 4) is 5.75 Å². The average molecular weight is 403 g/mol. The van der Waals surface area contributed by atoms with Crippen LogP contribution in [0.3, 0.4) is 0 Å². The number of likely N-dealkylation sites (N-methyl/N-ethyl adjacent to an activating group) is 1. The fraction of sp³-hybridized carbons (Fsp3) is 0.250. The van der Waals surface area contributed by atoms with E-state index in [-0.39, 0.29) is 24.4 Å². The van der Waals surface area contributed by atoms with Crippen LogP contribution in [0.2, 0.25) is 0 Å². The van der Waals surface area contributed by atoms with Crippen LogP contribution >= 0.6 is 0 Å². The molecule has 30 heavy (non-hydrogen) atoms. The molecule has 1 N–H and O–H groups in total. The molecule has 1 aliphatic heterocycles. The molecule has 0 aliphatic carbocycles. The Labute approximate surface area is 176 Å². The van der Waals surface area contributed by atoms with E-state index < -0.39 is 0 Å². The number of amides is 2. The second-order valence-corrected chi connectivity index (χ2v) is 7.63. The number of fused-ring (bicyclic) bond motifs is 2. The van der Waals surface area contributed by atoms with Gasteiger partial charge in [-0.25, -0.2) is 0 Å². The highest BCUT2D eigenvalue weighted by Crippen LogP contribution is 2.30. The summed E-state index contributed by atoms with van der Waals surface area (Å²) in [5.74, 6) is 0.560. The monoisotopic (exact) mass is 403 g/mol. The van der Waals surface area contributed by atoms with Crippen molar-refractivity contribution in [2.24, 2.45) is 0 Å². The minimum absolute atomic E-state index is 0.0336. The molecule has 2 amide bonds. The number of carbonyl (C=O) groups excluding carboxylic acids is 2. The molecule has 3 aromatic rings. The third kappa shape index (κ3) is 3.86. The van der Waals surface area contributed by atoms with Gasteiger partial charge in [0.1, 0.15) is 12.3 Å². The molecule has 0 unspecified atom stereocenters. The second-order valence-electron chi connectivity index (χ2n) is 7.63. The summed E-state index contributed by atoms with van der Waals surface area (Å²) in [6.07, 6.45) is 0. The molecule has 6 heteroatoms. The summed E-state index contributed by atoms with van der Waals surface area (Å²) in [5, 5.41) is 5.06. The Bertz CT molecular complexity index is 1110. The lowest BCUT2D eigenvalue weighted by atomic mass is 10.1. The quantitative estimate of drug-likeness (QED) is 0.706. The Morgan fingerprint density at radius 2 is 1.87 bits per heavy atom. The van der Waals surface area contributed by atoms with Crippen molar-refractivity contribution in [1.82, 2.24) is 4.90 Å². The van der Waals surface area contributed by atoms with Gasteiger partial charge in [-0.05, 0) is 60.6 Å². The van der Waals surface area contributed by atoms with Crippen LogP contribution in [-0.4, -0.2) is 43.5 Å². The predicted molar refractivity (Wildman–Crippen MR) is 119 cm³/mol. The lowest BCUT2D eigenvalue weighted by Crippen LogP contribution is -2.50. The van der Waals surface area contributed by atoms with Gasteiger partial charge in [0.15, 0.2) is 0 Å². The molecule has 0 saturated carbocycles. The summed E-state index contributed by atoms with van der Waals surface area (Å²) in [5.41, 5.74) is 2.52. The molecule has 0 fully saturated rings. The lowest BCUT2D eigenvalue weighted by molar-refractivity contribution is -0.125. The van der Waals surface area contributed by atoms with E-state index in [0.29, 0.717) is 12.2 Å². The number of hydrogen-bond donors (Lipinski definition) is 1. The van der Waals surface area contributed by atoms with Crippen LogP contribution in [0.5, 0.6) is 5.75 Å². The van der Waals surface area contributed by atoms with Crippen LogP contribution in [-0.2, 0) is 16.1 Å². The van der Waals surface area contributed by atoms with E-state index in [1.807, 2.05) is 61.3 Å². The molecule has 3 aromatic carbocycles. The molecule has 1 atom stereocenters. The smallest absolute Gasteiger partial charge is 0.244 e. The minimum atomic E-state index is -0.379. The molecule has 0 saturated heterocycles. The van der Waals surface area contributed by atoms with Crippen molar-refractivity contribution >= 4 is 34.0 Å². The number of benzene rings is 3. The summed E-state index contributed by atoms with van der Waals surface area (Å²) in [6.45, 7) is 2.53. The van der Waals surface area contributed by atoms with Gasteiger partial charge in [0.25, 0.3) is 0 Å². The van der Waals surface area contributed by atoms with E-state index in [9.17, 15) is 9.59 Å². The number of nitrogens with one attached hydrogen (secondary N) is 1. The molecule has 6 nitrogen and oxygen atoms in total. The van der Waals surface area contributed by atoms with Crippen LogP contribution in [0, 0.1) is 0 Å². The number of anilines is 2. The maximum Gasteiger partial charge on any atom is 0.244 e. The van der Waals surface area contributed by atoms with Gasteiger partial charge in [-0.15, -0.1) is 0 Å². The Morgan fingerprint density at radius 1 is 1.13 bits per heavy atom. The topological polar surface area (TPSA) is 61.9 Å². The Balaban J connectivity index is 1.51. The molecule has 0 radical (unpaired) electrons. The second kappa shape index (κ2) is 8.16. The summed E-state index contributed by atoms with van der Waals surface area (Å²) >= 11 is 0. The number of methoxy groups -OCH3 is 1. The van der Waals surface area contributed by atoms with E-state index in [1.165, 1.54) is 0 Å². The molecule has 1 heterocycles. The first-order valence-electron chi connectivity index (χ1n) is 9.93. The summed E-state index contributed by atoms with van der Waals surface area (Å²) < 4.78 is 5.29. The van der Waals surface area contributed by atoms with E-state index >= 15 is 0 Å². The standard InChI is InChI=1S/C24H25N3O3/c1-16(24(29)27-15-23(28)25-21-6-4-5-7-22(21)27)26(2)14-17-8-9-19-13-20(30-3)11-10-18(19)12-17/h4-13,16H,14-15H2,1-3H3,(H,25,28)/t16-/m1/s1. The Morgan fingerprint density at radius 3 is 2.67 bits per heavy atom. The van der Waals surface area contributed by atoms with Crippen molar-refractivity contribution in [1.29, 1.82) is 0 Å². The van der Waals surface area contributed by atoms with Gasteiger partial charge in [0.05, 0.1) is 24.5 Å². The third-order valence-corrected chi connectivity index (χ3v) is 5.60. The number of hydrogen-bond acceptors (Lipinski definition) is 4. The average Bonchev–Trinajstić information content (AvgIpc) is 2.77. The van der Waals surface area contributed by atoms with Crippen molar-refractivity contribution < 1.29 is 14.3 Å². The molecule has 0 aromatic heterocycles. The van der Waals surface area contributed by atoms with Crippen LogP contribution in [0.15, 0.2) is 60.7 Å². The maximum atomic E-state index is 13.2. The molecule has 0 spiro atoms. The summed E-state index contributed by atoms with van der Waals surface area (Å²) in [6, 6.07) is 19.3. The lowest BCUT2D eigenvalue weighted by Gasteiger charge is -2.33. The molecule has 1 aliphatic rings. The van der Waals surface area contributed by atoms with E-state index in [0.717, 1.165) is 27.8 Å². The molecular weight excluding hydrogens is 378 g/mol. The van der Waals surface area contributed by atoms with Gasteiger partial charge in [0, 0.05) is 6.54 Å². The molecule has 0 bridgehead atoms. The first kappa shape index (κ1) is 19.9. The predicted octanol–water partition coefficient (Wildman–Crippen LogP) is 3.65. The van der Waals surface area contributed by atoms with Crippen molar-refractivity contribution in [3.05, 3.63) is 66.2 Å². The first-order valence-corrected chi connectivity index (χ1v) is 9.93. The van der Waals surface area contributed by atoms with Crippen LogP contribution < -0.4 is 15.0 Å². The number of para-hydroxylation sites is 2. The highest BCUT2D eigenvalue weighted by atomic mass is 16.5. The first-order chi connectivity index (χ1) is 14.5. The highest BCUT2D eigenvalue weighted by molar-refractivity contribution is 6.11. The number of nitrogens with zero attached hydrogens (tertiary/aromatic N) is 2. The highest BCUT2D eigenvalue weighted by Gasteiger charge is 2.31. The zero-order valence-corrected chi connectivity index (χ0v) is 17.4. The number of carbonyl (C=O) groups is 2. The van der Waals surface area contributed by atoms with E-state index in [1.54, 1.807) is 12.0 Å². The Hall–Kier alpha value is -3.38. The van der Waals surface area contributed by atoms with Gasteiger partial charge in [-0.2, -0.15) is 0 Å². The van der Waals surface area contributed by atoms with E-state index in [4.69, 9.17) is 4.74 Å². The summed E-state index contributed by atoms with van der Waals surface area (Å²) in [4.78, 5) is 28.9. The normalized spacial score (nSPS) is 14.4. The van der Waals surface area contributed by atoms with Gasteiger partial charge >= 0.3 is 0 Å².